The zero-order valence-corrected chi connectivity index (χ0v) is 15.4. The molecule has 3 aromatic rings. The first kappa shape index (κ1) is 17.7. The lowest BCUT2D eigenvalue weighted by Gasteiger charge is -2.12. The largest absolute Gasteiger partial charge is 0.497 e. The quantitative estimate of drug-likeness (QED) is 0.658. The van der Waals surface area contributed by atoms with E-state index in [0.717, 1.165) is 36.0 Å². The van der Waals surface area contributed by atoms with Crippen LogP contribution in [0.25, 0.3) is 0 Å². The molecule has 3 rings (SSSR count). The standard InChI is InChI=1S/C21H24N4O/c1-15-5-4-6-19(16(15)2)25-21-13-20(23-14-24-21)22-12-11-17-7-9-18(26-3)10-8-17/h4-10,13-14H,11-12H2,1-3H3,(H2,22,23,24,25). The molecule has 0 aliphatic rings. The molecule has 0 unspecified atom stereocenters. The molecule has 0 fully saturated rings. The Morgan fingerprint density at radius 3 is 2.50 bits per heavy atom. The first-order valence-electron chi connectivity index (χ1n) is 8.68. The van der Waals surface area contributed by atoms with Gasteiger partial charge in [0, 0.05) is 18.3 Å². The van der Waals surface area contributed by atoms with Gasteiger partial charge >= 0.3 is 0 Å². The van der Waals surface area contributed by atoms with Crippen LogP contribution in [0, 0.1) is 13.8 Å². The van der Waals surface area contributed by atoms with Gasteiger partial charge in [-0.2, -0.15) is 0 Å². The predicted molar refractivity (Wildman–Crippen MR) is 106 cm³/mol. The number of aryl methyl sites for hydroxylation is 1. The first-order chi connectivity index (χ1) is 12.7. The monoisotopic (exact) mass is 348 g/mol. The van der Waals surface area contributed by atoms with Crippen LogP contribution in [0.3, 0.4) is 0 Å². The Kier molecular flexibility index (Phi) is 5.69. The maximum Gasteiger partial charge on any atom is 0.135 e. The van der Waals surface area contributed by atoms with Crippen LogP contribution in [0.5, 0.6) is 5.75 Å². The van der Waals surface area contributed by atoms with Crippen molar-refractivity contribution in [1.82, 2.24) is 9.97 Å². The summed E-state index contributed by atoms with van der Waals surface area (Å²) in [5, 5.41) is 6.72. The van der Waals surface area contributed by atoms with Gasteiger partial charge in [-0.1, -0.05) is 24.3 Å². The van der Waals surface area contributed by atoms with E-state index in [1.54, 1.807) is 13.4 Å². The van der Waals surface area contributed by atoms with Gasteiger partial charge in [-0.3, -0.25) is 0 Å². The Morgan fingerprint density at radius 1 is 0.962 bits per heavy atom. The third-order valence-corrected chi connectivity index (χ3v) is 4.41. The Bertz CT molecular complexity index is 862. The van der Waals surface area contributed by atoms with Crippen molar-refractivity contribution in [3.8, 4) is 5.75 Å². The lowest BCUT2D eigenvalue weighted by molar-refractivity contribution is 0.414. The number of anilines is 3. The van der Waals surface area contributed by atoms with Crippen molar-refractivity contribution in [2.24, 2.45) is 0 Å². The molecule has 0 bridgehead atoms. The van der Waals surface area contributed by atoms with Crippen LogP contribution in [0.4, 0.5) is 17.3 Å². The maximum absolute atomic E-state index is 5.18. The third kappa shape index (κ3) is 4.51. The van der Waals surface area contributed by atoms with Crippen molar-refractivity contribution < 1.29 is 4.74 Å². The lowest BCUT2D eigenvalue weighted by atomic mass is 10.1. The van der Waals surface area contributed by atoms with Gasteiger partial charge < -0.3 is 15.4 Å². The van der Waals surface area contributed by atoms with Crippen molar-refractivity contribution >= 4 is 17.3 Å². The van der Waals surface area contributed by atoms with E-state index < -0.39 is 0 Å². The van der Waals surface area contributed by atoms with E-state index in [4.69, 9.17) is 4.74 Å². The van der Waals surface area contributed by atoms with Gasteiger partial charge in [0.2, 0.25) is 0 Å². The summed E-state index contributed by atoms with van der Waals surface area (Å²) >= 11 is 0. The summed E-state index contributed by atoms with van der Waals surface area (Å²) < 4.78 is 5.18. The molecule has 5 heteroatoms. The van der Waals surface area contributed by atoms with Crippen LogP contribution >= 0.6 is 0 Å². The highest BCUT2D eigenvalue weighted by Crippen LogP contribution is 2.22. The maximum atomic E-state index is 5.18. The van der Waals surface area contributed by atoms with Gasteiger partial charge in [-0.05, 0) is 55.2 Å². The number of nitrogens with zero attached hydrogens (tertiary/aromatic N) is 2. The second-order valence-electron chi connectivity index (χ2n) is 6.19. The van der Waals surface area contributed by atoms with Crippen LogP contribution < -0.4 is 15.4 Å². The van der Waals surface area contributed by atoms with Crippen molar-refractivity contribution in [3.63, 3.8) is 0 Å². The van der Waals surface area contributed by atoms with Gasteiger partial charge in [0.15, 0.2) is 0 Å². The number of ether oxygens (including phenoxy) is 1. The smallest absolute Gasteiger partial charge is 0.135 e. The van der Waals surface area contributed by atoms with Crippen LogP contribution in [0.15, 0.2) is 54.9 Å². The zero-order valence-electron chi connectivity index (χ0n) is 15.4. The Balaban J connectivity index is 1.59. The molecule has 0 atom stereocenters. The second-order valence-corrected chi connectivity index (χ2v) is 6.19. The van der Waals surface area contributed by atoms with E-state index in [-0.39, 0.29) is 0 Å². The van der Waals surface area contributed by atoms with E-state index in [1.807, 2.05) is 24.3 Å². The molecule has 2 N–H and O–H groups in total. The molecule has 2 aromatic carbocycles. The van der Waals surface area contributed by atoms with Crippen LogP contribution in [-0.2, 0) is 6.42 Å². The van der Waals surface area contributed by atoms with E-state index in [1.165, 1.54) is 16.7 Å². The van der Waals surface area contributed by atoms with Crippen molar-refractivity contribution in [2.75, 3.05) is 24.3 Å². The summed E-state index contributed by atoms with van der Waals surface area (Å²) in [5.41, 5.74) is 4.79. The minimum Gasteiger partial charge on any atom is -0.497 e. The van der Waals surface area contributed by atoms with Crippen molar-refractivity contribution in [3.05, 3.63) is 71.5 Å². The minimum absolute atomic E-state index is 0.778. The average molecular weight is 348 g/mol. The molecule has 134 valence electrons. The van der Waals surface area contributed by atoms with Crippen LogP contribution in [0.1, 0.15) is 16.7 Å². The van der Waals surface area contributed by atoms with E-state index in [2.05, 4.69) is 58.7 Å². The fraction of sp³-hybridized carbons (Fsp3) is 0.238. The number of aromatic nitrogens is 2. The molecular formula is C21H24N4O. The highest BCUT2D eigenvalue weighted by Gasteiger charge is 2.04. The molecule has 0 spiro atoms. The topological polar surface area (TPSA) is 59.1 Å². The molecule has 26 heavy (non-hydrogen) atoms. The van der Waals surface area contributed by atoms with E-state index in [0.29, 0.717) is 0 Å². The van der Waals surface area contributed by atoms with E-state index in [9.17, 15) is 0 Å². The van der Waals surface area contributed by atoms with Crippen molar-refractivity contribution in [1.29, 1.82) is 0 Å². The number of rotatable bonds is 7. The van der Waals surface area contributed by atoms with Gasteiger partial charge in [0.1, 0.15) is 23.7 Å². The SMILES string of the molecule is COc1ccc(CCNc2cc(Nc3cccc(C)c3C)ncn2)cc1. The van der Waals surface area contributed by atoms with Crippen LogP contribution in [-0.4, -0.2) is 23.6 Å². The average Bonchev–Trinajstić information content (AvgIpc) is 2.66. The summed E-state index contributed by atoms with van der Waals surface area (Å²) in [7, 11) is 1.68. The summed E-state index contributed by atoms with van der Waals surface area (Å²) in [6, 6.07) is 16.2. The predicted octanol–water partition coefficient (Wildman–Crippen LogP) is 4.50. The molecule has 0 saturated carbocycles. The Labute approximate surface area is 154 Å². The Morgan fingerprint density at radius 2 is 1.73 bits per heavy atom. The third-order valence-electron chi connectivity index (χ3n) is 4.41. The van der Waals surface area contributed by atoms with Gasteiger partial charge in [0.25, 0.3) is 0 Å². The highest BCUT2D eigenvalue weighted by molar-refractivity contribution is 5.63. The van der Waals surface area contributed by atoms with Gasteiger partial charge in [0.05, 0.1) is 7.11 Å². The molecule has 0 radical (unpaired) electrons. The number of hydrogen-bond donors (Lipinski definition) is 2. The minimum atomic E-state index is 0.778. The van der Waals surface area contributed by atoms with Crippen LogP contribution in [0.2, 0.25) is 0 Å². The Hall–Kier alpha value is -3.08. The normalized spacial score (nSPS) is 10.4. The number of nitrogens with one attached hydrogen (secondary N) is 2. The number of benzene rings is 2. The zero-order chi connectivity index (χ0) is 18.4. The summed E-state index contributed by atoms with van der Waals surface area (Å²) in [5.74, 6) is 2.46. The molecule has 0 aliphatic heterocycles. The molecule has 1 aromatic heterocycles. The second kappa shape index (κ2) is 8.34. The van der Waals surface area contributed by atoms with Gasteiger partial charge in [-0.25, -0.2) is 9.97 Å². The molecular weight excluding hydrogens is 324 g/mol. The molecule has 5 nitrogen and oxygen atoms in total. The number of methoxy groups -OCH3 is 1. The fourth-order valence-corrected chi connectivity index (χ4v) is 2.67. The highest BCUT2D eigenvalue weighted by atomic mass is 16.5. The molecule has 0 saturated heterocycles. The first-order valence-corrected chi connectivity index (χ1v) is 8.68. The van der Waals surface area contributed by atoms with E-state index >= 15 is 0 Å². The fourth-order valence-electron chi connectivity index (χ4n) is 2.67. The van der Waals surface area contributed by atoms with Gasteiger partial charge in [-0.15, -0.1) is 0 Å². The summed E-state index contributed by atoms with van der Waals surface area (Å²) in [6.07, 6.45) is 2.48. The number of hydrogen-bond acceptors (Lipinski definition) is 5. The van der Waals surface area contributed by atoms with Crippen molar-refractivity contribution in [2.45, 2.75) is 20.3 Å². The molecule has 1 heterocycles. The molecule has 0 amide bonds. The molecule has 0 aliphatic carbocycles. The lowest BCUT2D eigenvalue weighted by Crippen LogP contribution is -2.07. The summed E-state index contributed by atoms with van der Waals surface area (Å²) in [4.78, 5) is 8.61. The summed E-state index contributed by atoms with van der Waals surface area (Å²) in [6.45, 7) is 5.01.